The molecule has 1 atom stereocenters. The highest BCUT2D eigenvalue weighted by Crippen LogP contribution is 2.28. The molecule has 90 valence electrons. The van der Waals surface area contributed by atoms with Gasteiger partial charge in [-0.05, 0) is 63.9 Å². The summed E-state index contributed by atoms with van der Waals surface area (Å²) < 4.78 is 0. The van der Waals surface area contributed by atoms with Crippen LogP contribution in [0.2, 0.25) is 0 Å². The molecule has 0 heterocycles. The zero-order valence-electron chi connectivity index (χ0n) is 11.3. The molecule has 1 rings (SSSR count). The van der Waals surface area contributed by atoms with E-state index in [1.807, 2.05) is 7.05 Å². The van der Waals surface area contributed by atoms with E-state index in [-0.39, 0.29) is 11.6 Å². The standard InChI is InChI=1S/C14H24N2/c1-9-7-8-12(11(3)10(9)2)13(15)14(4,5)16-6/h7-8,13,16H,15H2,1-6H3. The molecular weight excluding hydrogens is 196 g/mol. The predicted molar refractivity (Wildman–Crippen MR) is 70.7 cm³/mol. The molecule has 1 aromatic carbocycles. The average molecular weight is 220 g/mol. The Labute approximate surface area is 99.2 Å². The van der Waals surface area contributed by atoms with Crippen LogP contribution >= 0.6 is 0 Å². The predicted octanol–water partition coefficient (Wildman–Crippen LogP) is 2.61. The van der Waals surface area contributed by atoms with Crippen molar-refractivity contribution in [3.63, 3.8) is 0 Å². The summed E-state index contributed by atoms with van der Waals surface area (Å²) in [6.45, 7) is 10.7. The van der Waals surface area contributed by atoms with Gasteiger partial charge in [-0.3, -0.25) is 0 Å². The van der Waals surface area contributed by atoms with Crippen molar-refractivity contribution >= 4 is 0 Å². The molecule has 0 radical (unpaired) electrons. The second-order valence-corrected chi connectivity index (χ2v) is 5.17. The summed E-state index contributed by atoms with van der Waals surface area (Å²) in [5.74, 6) is 0. The van der Waals surface area contributed by atoms with E-state index in [4.69, 9.17) is 5.73 Å². The van der Waals surface area contributed by atoms with Gasteiger partial charge in [-0.1, -0.05) is 12.1 Å². The van der Waals surface area contributed by atoms with Gasteiger partial charge in [0.15, 0.2) is 0 Å². The van der Waals surface area contributed by atoms with Crippen molar-refractivity contribution < 1.29 is 0 Å². The van der Waals surface area contributed by atoms with E-state index in [2.05, 4.69) is 52.1 Å². The van der Waals surface area contributed by atoms with Gasteiger partial charge in [-0.25, -0.2) is 0 Å². The summed E-state index contributed by atoms with van der Waals surface area (Å²) in [6.07, 6.45) is 0. The Morgan fingerprint density at radius 1 is 1.12 bits per heavy atom. The van der Waals surface area contributed by atoms with Crippen LogP contribution in [-0.2, 0) is 0 Å². The molecule has 0 aromatic heterocycles. The normalized spacial score (nSPS) is 13.9. The Morgan fingerprint density at radius 3 is 2.19 bits per heavy atom. The molecule has 16 heavy (non-hydrogen) atoms. The molecule has 3 N–H and O–H groups in total. The maximum absolute atomic E-state index is 6.34. The fourth-order valence-electron chi connectivity index (χ4n) is 1.86. The van der Waals surface area contributed by atoms with Crippen LogP contribution < -0.4 is 11.1 Å². The van der Waals surface area contributed by atoms with Crippen LogP contribution in [0.25, 0.3) is 0 Å². The molecule has 0 fully saturated rings. The molecule has 1 aromatic rings. The van der Waals surface area contributed by atoms with Crippen molar-refractivity contribution in [1.29, 1.82) is 0 Å². The van der Waals surface area contributed by atoms with E-state index in [0.29, 0.717) is 0 Å². The third-order valence-electron chi connectivity index (χ3n) is 3.86. The van der Waals surface area contributed by atoms with Crippen molar-refractivity contribution in [2.75, 3.05) is 7.05 Å². The van der Waals surface area contributed by atoms with E-state index in [1.54, 1.807) is 0 Å². The van der Waals surface area contributed by atoms with Crippen LogP contribution in [0.1, 0.15) is 42.1 Å². The number of rotatable bonds is 3. The molecule has 0 aliphatic rings. The van der Waals surface area contributed by atoms with E-state index < -0.39 is 0 Å². The van der Waals surface area contributed by atoms with E-state index in [9.17, 15) is 0 Å². The van der Waals surface area contributed by atoms with Crippen molar-refractivity contribution in [3.8, 4) is 0 Å². The van der Waals surface area contributed by atoms with Gasteiger partial charge in [0.1, 0.15) is 0 Å². The number of benzene rings is 1. The van der Waals surface area contributed by atoms with Crippen molar-refractivity contribution in [2.45, 2.75) is 46.2 Å². The summed E-state index contributed by atoms with van der Waals surface area (Å²) in [4.78, 5) is 0. The first kappa shape index (κ1) is 13.2. The Bertz CT molecular complexity index is 381. The molecule has 2 nitrogen and oxygen atoms in total. The number of likely N-dealkylation sites (N-methyl/N-ethyl adjacent to an activating group) is 1. The van der Waals surface area contributed by atoms with Crippen molar-refractivity contribution in [2.24, 2.45) is 5.73 Å². The number of hydrogen-bond donors (Lipinski definition) is 2. The van der Waals surface area contributed by atoms with Crippen LogP contribution in [0.5, 0.6) is 0 Å². The minimum Gasteiger partial charge on any atom is -0.322 e. The van der Waals surface area contributed by atoms with Gasteiger partial charge < -0.3 is 11.1 Å². The van der Waals surface area contributed by atoms with Crippen LogP contribution in [-0.4, -0.2) is 12.6 Å². The smallest absolute Gasteiger partial charge is 0.0477 e. The van der Waals surface area contributed by atoms with Gasteiger partial charge in [0.25, 0.3) is 0 Å². The molecule has 1 unspecified atom stereocenters. The highest BCUT2D eigenvalue weighted by Gasteiger charge is 2.27. The number of nitrogens with one attached hydrogen (secondary N) is 1. The second-order valence-electron chi connectivity index (χ2n) is 5.17. The fourth-order valence-corrected chi connectivity index (χ4v) is 1.86. The van der Waals surface area contributed by atoms with Crippen LogP contribution in [0.15, 0.2) is 12.1 Å². The average Bonchev–Trinajstić information content (AvgIpc) is 2.25. The Kier molecular flexibility index (Phi) is 3.76. The quantitative estimate of drug-likeness (QED) is 0.821. The summed E-state index contributed by atoms with van der Waals surface area (Å²) in [6, 6.07) is 4.32. The number of aryl methyl sites for hydroxylation is 1. The van der Waals surface area contributed by atoms with Crippen LogP contribution in [0.3, 0.4) is 0 Å². The first-order chi connectivity index (χ1) is 7.31. The molecule has 0 aliphatic carbocycles. The maximum atomic E-state index is 6.34. The number of hydrogen-bond acceptors (Lipinski definition) is 2. The fraction of sp³-hybridized carbons (Fsp3) is 0.571. The highest BCUT2D eigenvalue weighted by molar-refractivity contribution is 5.41. The molecule has 0 spiro atoms. The van der Waals surface area contributed by atoms with Gasteiger partial charge >= 0.3 is 0 Å². The SMILES string of the molecule is CNC(C)(C)C(N)c1ccc(C)c(C)c1C. The topological polar surface area (TPSA) is 38.0 Å². The summed E-state index contributed by atoms with van der Waals surface area (Å²) in [5, 5.41) is 3.28. The van der Waals surface area contributed by atoms with Gasteiger partial charge in [0, 0.05) is 11.6 Å². The largest absolute Gasteiger partial charge is 0.322 e. The summed E-state index contributed by atoms with van der Waals surface area (Å²) >= 11 is 0. The van der Waals surface area contributed by atoms with Gasteiger partial charge in [-0.15, -0.1) is 0 Å². The van der Waals surface area contributed by atoms with E-state index in [0.717, 1.165) is 0 Å². The van der Waals surface area contributed by atoms with E-state index in [1.165, 1.54) is 22.3 Å². The van der Waals surface area contributed by atoms with Crippen molar-refractivity contribution in [3.05, 3.63) is 34.4 Å². The zero-order valence-corrected chi connectivity index (χ0v) is 11.3. The molecule has 0 saturated carbocycles. The highest BCUT2D eigenvalue weighted by atomic mass is 15.0. The lowest BCUT2D eigenvalue weighted by Crippen LogP contribution is -2.46. The Balaban J connectivity index is 3.20. The molecular formula is C14H24N2. The van der Waals surface area contributed by atoms with Crippen LogP contribution in [0.4, 0.5) is 0 Å². The lowest BCUT2D eigenvalue weighted by atomic mass is 9.85. The summed E-state index contributed by atoms with van der Waals surface area (Å²) in [7, 11) is 1.95. The minimum atomic E-state index is -0.0908. The van der Waals surface area contributed by atoms with Crippen LogP contribution in [0, 0.1) is 20.8 Å². The third-order valence-corrected chi connectivity index (χ3v) is 3.86. The molecule has 0 bridgehead atoms. The first-order valence-electron chi connectivity index (χ1n) is 5.82. The lowest BCUT2D eigenvalue weighted by molar-refractivity contribution is 0.347. The zero-order chi connectivity index (χ0) is 12.5. The summed E-state index contributed by atoms with van der Waals surface area (Å²) in [5.41, 5.74) is 11.5. The Morgan fingerprint density at radius 2 is 1.69 bits per heavy atom. The Hall–Kier alpha value is -0.860. The van der Waals surface area contributed by atoms with Crippen molar-refractivity contribution in [1.82, 2.24) is 5.32 Å². The lowest BCUT2D eigenvalue weighted by Gasteiger charge is -2.33. The molecule has 0 aliphatic heterocycles. The van der Waals surface area contributed by atoms with Gasteiger partial charge in [0.05, 0.1) is 0 Å². The second kappa shape index (κ2) is 4.56. The number of nitrogens with two attached hydrogens (primary N) is 1. The first-order valence-corrected chi connectivity index (χ1v) is 5.82. The molecule has 0 saturated heterocycles. The minimum absolute atomic E-state index is 0.0109. The molecule has 0 amide bonds. The van der Waals surface area contributed by atoms with Gasteiger partial charge in [0.2, 0.25) is 0 Å². The monoisotopic (exact) mass is 220 g/mol. The molecule has 2 heteroatoms. The van der Waals surface area contributed by atoms with Gasteiger partial charge in [-0.2, -0.15) is 0 Å². The maximum Gasteiger partial charge on any atom is 0.0477 e. The van der Waals surface area contributed by atoms with E-state index >= 15 is 0 Å². The third kappa shape index (κ3) is 2.28.